The maximum atomic E-state index is 11.6. The van der Waals surface area contributed by atoms with Crippen molar-refractivity contribution in [2.45, 2.75) is 19.4 Å². The molecule has 1 aromatic carbocycles. The molecule has 1 aromatic heterocycles. The lowest BCUT2D eigenvalue weighted by atomic mass is 10.2. The molecule has 3 rings (SSSR count). The Hall–Kier alpha value is -1.64. The van der Waals surface area contributed by atoms with E-state index in [9.17, 15) is 4.79 Å². The molecule has 2 heterocycles. The van der Waals surface area contributed by atoms with Crippen molar-refractivity contribution in [3.63, 3.8) is 0 Å². The van der Waals surface area contributed by atoms with Crippen LogP contribution in [0, 0.1) is 0 Å². The molecule has 0 unspecified atom stereocenters. The molecule has 3 nitrogen and oxygen atoms in total. The zero-order valence-electron chi connectivity index (χ0n) is 7.73. The van der Waals surface area contributed by atoms with Gasteiger partial charge in [-0.25, -0.2) is 0 Å². The summed E-state index contributed by atoms with van der Waals surface area (Å²) in [5.74, 6) is 0.939. The van der Waals surface area contributed by atoms with Crippen molar-refractivity contribution in [1.82, 2.24) is 9.55 Å². The average molecular weight is 186 g/mol. The van der Waals surface area contributed by atoms with Crippen LogP contribution in [-0.2, 0) is 13.0 Å². The number of benzene rings is 1. The maximum Gasteiger partial charge on any atom is 0.280 e. The molecule has 0 atom stereocenters. The summed E-state index contributed by atoms with van der Waals surface area (Å²) in [4.78, 5) is 15.7. The highest BCUT2D eigenvalue weighted by molar-refractivity contribution is 5.78. The van der Waals surface area contributed by atoms with Crippen LogP contribution in [0.15, 0.2) is 29.1 Å². The molecule has 0 bridgehead atoms. The van der Waals surface area contributed by atoms with Gasteiger partial charge in [-0.15, -0.1) is 0 Å². The summed E-state index contributed by atoms with van der Waals surface area (Å²) in [5.41, 5.74) is 0.939. The molecule has 14 heavy (non-hydrogen) atoms. The zero-order chi connectivity index (χ0) is 9.54. The fraction of sp³-hybridized carbons (Fsp3) is 0.273. The number of para-hydroxylation sites is 1. The Morgan fingerprint density at radius 2 is 2.14 bits per heavy atom. The Morgan fingerprint density at radius 3 is 3.07 bits per heavy atom. The summed E-state index contributed by atoms with van der Waals surface area (Å²) >= 11 is 0. The van der Waals surface area contributed by atoms with Gasteiger partial charge in [0, 0.05) is 13.0 Å². The highest BCUT2D eigenvalue weighted by Gasteiger charge is 2.14. The molecule has 0 saturated heterocycles. The summed E-state index contributed by atoms with van der Waals surface area (Å²) in [5, 5.41) is 0.734. The maximum absolute atomic E-state index is 11.6. The predicted octanol–water partition coefficient (Wildman–Crippen LogP) is 1.34. The van der Waals surface area contributed by atoms with E-state index in [1.165, 1.54) is 0 Å². The molecular weight excluding hydrogens is 176 g/mol. The molecule has 0 N–H and O–H groups in total. The minimum Gasteiger partial charge on any atom is -0.329 e. The molecule has 3 heteroatoms. The number of hydrogen-bond donors (Lipinski definition) is 0. The molecule has 2 aromatic rings. The average Bonchev–Trinajstić information content (AvgIpc) is 2.66. The van der Waals surface area contributed by atoms with E-state index >= 15 is 0 Å². The van der Waals surface area contributed by atoms with Gasteiger partial charge in [0.05, 0.1) is 10.9 Å². The van der Waals surface area contributed by atoms with E-state index < -0.39 is 0 Å². The largest absolute Gasteiger partial charge is 0.329 e. The minimum atomic E-state index is -0.0891. The molecule has 0 amide bonds. The van der Waals surface area contributed by atoms with Gasteiger partial charge >= 0.3 is 0 Å². The molecule has 0 aliphatic carbocycles. The lowest BCUT2D eigenvalue weighted by Crippen LogP contribution is -2.14. The van der Waals surface area contributed by atoms with Crippen molar-refractivity contribution in [3.05, 3.63) is 40.4 Å². The van der Waals surface area contributed by atoms with Gasteiger partial charge < -0.3 is 4.57 Å². The van der Waals surface area contributed by atoms with Gasteiger partial charge in [0.25, 0.3) is 5.56 Å². The van der Waals surface area contributed by atoms with Crippen molar-refractivity contribution in [3.8, 4) is 0 Å². The SMILES string of the molecule is O=c1nc2n(c3ccccc13)CCC2. The number of hydrogen-bond acceptors (Lipinski definition) is 2. The molecule has 0 fully saturated rings. The molecule has 0 saturated carbocycles. The Balaban J connectivity index is 2.53. The van der Waals surface area contributed by atoms with E-state index in [0.29, 0.717) is 0 Å². The van der Waals surface area contributed by atoms with Crippen molar-refractivity contribution in [2.75, 3.05) is 0 Å². The highest BCUT2D eigenvalue weighted by atomic mass is 16.1. The van der Waals surface area contributed by atoms with Gasteiger partial charge in [0.2, 0.25) is 0 Å². The summed E-state index contributed by atoms with van der Waals surface area (Å²) in [6.07, 6.45) is 2.03. The van der Waals surface area contributed by atoms with Crippen molar-refractivity contribution in [2.24, 2.45) is 0 Å². The first-order chi connectivity index (χ1) is 6.86. The lowest BCUT2D eigenvalue weighted by Gasteiger charge is -2.06. The fourth-order valence-electron chi connectivity index (χ4n) is 2.10. The third-order valence-corrected chi connectivity index (χ3v) is 2.75. The van der Waals surface area contributed by atoms with Gasteiger partial charge in [0.1, 0.15) is 5.82 Å². The molecular formula is C11H10N2O. The highest BCUT2D eigenvalue weighted by Crippen LogP contribution is 2.17. The predicted molar refractivity (Wildman–Crippen MR) is 54.3 cm³/mol. The molecule has 0 spiro atoms. The summed E-state index contributed by atoms with van der Waals surface area (Å²) in [6, 6.07) is 7.68. The van der Waals surface area contributed by atoms with Gasteiger partial charge in [-0.05, 0) is 18.6 Å². The third-order valence-electron chi connectivity index (χ3n) is 2.75. The monoisotopic (exact) mass is 186 g/mol. The Labute approximate surface area is 81.0 Å². The van der Waals surface area contributed by atoms with Crippen LogP contribution >= 0.6 is 0 Å². The number of nitrogens with zero attached hydrogens (tertiary/aromatic N) is 2. The number of rotatable bonds is 0. The van der Waals surface area contributed by atoms with Crippen LogP contribution in [0.5, 0.6) is 0 Å². The topological polar surface area (TPSA) is 34.9 Å². The second-order valence-electron chi connectivity index (χ2n) is 3.61. The van der Waals surface area contributed by atoms with Crippen LogP contribution in [0.4, 0.5) is 0 Å². The number of aryl methyl sites for hydroxylation is 2. The Kier molecular flexibility index (Phi) is 1.48. The van der Waals surface area contributed by atoms with Crippen molar-refractivity contribution < 1.29 is 0 Å². The van der Waals surface area contributed by atoms with E-state index in [1.807, 2.05) is 24.3 Å². The van der Waals surface area contributed by atoms with Crippen LogP contribution in [0.2, 0.25) is 0 Å². The zero-order valence-corrected chi connectivity index (χ0v) is 7.73. The van der Waals surface area contributed by atoms with Crippen LogP contribution < -0.4 is 5.56 Å². The van der Waals surface area contributed by atoms with Gasteiger partial charge in [-0.2, -0.15) is 4.98 Å². The van der Waals surface area contributed by atoms with E-state index in [1.54, 1.807) is 0 Å². The van der Waals surface area contributed by atoms with Crippen LogP contribution in [0.25, 0.3) is 10.9 Å². The quantitative estimate of drug-likeness (QED) is 0.622. The Morgan fingerprint density at radius 1 is 1.29 bits per heavy atom. The first-order valence-electron chi connectivity index (χ1n) is 4.85. The summed E-state index contributed by atoms with van der Waals surface area (Å²) in [6.45, 7) is 0.989. The van der Waals surface area contributed by atoms with E-state index in [4.69, 9.17) is 0 Å². The molecule has 0 radical (unpaired) electrons. The summed E-state index contributed by atoms with van der Waals surface area (Å²) < 4.78 is 2.15. The molecule has 1 aliphatic rings. The second-order valence-corrected chi connectivity index (χ2v) is 3.61. The van der Waals surface area contributed by atoms with Gasteiger partial charge in [-0.1, -0.05) is 12.1 Å². The van der Waals surface area contributed by atoms with Gasteiger partial charge in [-0.3, -0.25) is 4.79 Å². The number of fused-ring (bicyclic) bond motifs is 3. The van der Waals surface area contributed by atoms with E-state index in [2.05, 4.69) is 9.55 Å². The van der Waals surface area contributed by atoms with E-state index in [-0.39, 0.29) is 5.56 Å². The standard InChI is InChI=1S/C11H10N2O/c14-11-8-4-1-2-5-9(8)13-7-3-6-10(13)12-11/h1-2,4-5H,3,6-7H2. The van der Waals surface area contributed by atoms with Crippen molar-refractivity contribution >= 4 is 10.9 Å². The van der Waals surface area contributed by atoms with Crippen LogP contribution in [0.1, 0.15) is 12.2 Å². The number of aromatic nitrogens is 2. The first-order valence-corrected chi connectivity index (χ1v) is 4.85. The normalized spacial score (nSPS) is 14.6. The Bertz CT molecular complexity index is 557. The van der Waals surface area contributed by atoms with Gasteiger partial charge in [0.15, 0.2) is 0 Å². The fourth-order valence-corrected chi connectivity index (χ4v) is 2.10. The van der Waals surface area contributed by atoms with Crippen LogP contribution in [-0.4, -0.2) is 9.55 Å². The van der Waals surface area contributed by atoms with E-state index in [0.717, 1.165) is 36.1 Å². The van der Waals surface area contributed by atoms with Crippen LogP contribution in [0.3, 0.4) is 0 Å². The third kappa shape index (κ3) is 0.923. The minimum absolute atomic E-state index is 0.0891. The smallest absolute Gasteiger partial charge is 0.280 e. The second kappa shape index (κ2) is 2.67. The summed E-state index contributed by atoms with van der Waals surface area (Å²) in [7, 11) is 0. The molecule has 1 aliphatic heterocycles. The van der Waals surface area contributed by atoms with Crippen molar-refractivity contribution in [1.29, 1.82) is 0 Å². The first kappa shape index (κ1) is 7.74. The molecule has 70 valence electrons. The lowest BCUT2D eigenvalue weighted by molar-refractivity contribution is 0.762.